The molecule has 1 aliphatic heterocycles. The monoisotopic (exact) mass is 221 g/mol. The van der Waals surface area contributed by atoms with E-state index in [0.29, 0.717) is 0 Å². The minimum absolute atomic E-state index is 0.931. The first-order chi connectivity index (χ1) is 7.88. The van der Waals surface area contributed by atoms with E-state index in [4.69, 9.17) is 0 Å². The average Bonchev–Trinajstić information content (AvgIpc) is 2.56. The molecular weight excluding hydrogens is 198 g/mol. The van der Waals surface area contributed by atoms with Crippen molar-refractivity contribution in [1.29, 1.82) is 0 Å². The van der Waals surface area contributed by atoms with Crippen molar-refractivity contribution in [1.82, 2.24) is 15.2 Å². The second kappa shape index (κ2) is 6.06. The second-order valence-corrected chi connectivity index (χ2v) is 4.75. The van der Waals surface area contributed by atoms with E-state index in [1.54, 1.807) is 0 Å². The van der Waals surface area contributed by atoms with E-state index in [0.717, 1.165) is 13.1 Å². The maximum absolute atomic E-state index is 3.32. The molecule has 90 valence electrons. The van der Waals surface area contributed by atoms with E-state index in [1.807, 2.05) is 7.05 Å². The molecule has 1 aromatic heterocycles. The predicted octanol–water partition coefficient (Wildman–Crippen LogP) is 2.11. The molecule has 0 radical (unpaired) electrons. The van der Waals surface area contributed by atoms with Gasteiger partial charge in [-0.15, -0.1) is 0 Å². The summed E-state index contributed by atoms with van der Waals surface area (Å²) in [5.41, 5.74) is 2.71. The number of rotatable bonds is 4. The molecule has 0 bridgehead atoms. The van der Waals surface area contributed by atoms with E-state index >= 15 is 0 Å². The van der Waals surface area contributed by atoms with Crippen LogP contribution < -0.4 is 5.32 Å². The van der Waals surface area contributed by atoms with Crippen LogP contribution in [-0.2, 0) is 13.1 Å². The topological polar surface area (TPSA) is 31.1 Å². The predicted molar refractivity (Wildman–Crippen MR) is 67.3 cm³/mol. The van der Waals surface area contributed by atoms with Crippen molar-refractivity contribution in [2.45, 2.75) is 38.8 Å². The van der Waals surface area contributed by atoms with Gasteiger partial charge in [-0.1, -0.05) is 12.8 Å². The highest BCUT2D eigenvalue weighted by Gasteiger charge is 2.10. The van der Waals surface area contributed by atoms with Crippen LogP contribution in [0.3, 0.4) is 0 Å². The van der Waals surface area contributed by atoms with Crippen LogP contribution in [0, 0.1) is 0 Å². The molecular formula is C13H23N3. The van der Waals surface area contributed by atoms with E-state index in [-0.39, 0.29) is 0 Å². The zero-order chi connectivity index (χ0) is 11.2. The van der Waals surface area contributed by atoms with Crippen molar-refractivity contribution in [2.75, 3.05) is 20.1 Å². The van der Waals surface area contributed by atoms with Gasteiger partial charge in [-0.2, -0.15) is 0 Å². The molecule has 0 spiro atoms. The highest BCUT2D eigenvalue weighted by Crippen LogP contribution is 2.13. The van der Waals surface area contributed by atoms with Crippen LogP contribution in [0.4, 0.5) is 0 Å². The molecule has 0 unspecified atom stereocenters. The Morgan fingerprint density at radius 1 is 1.25 bits per heavy atom. The zero-order valence-electron chi connectivity index (χ0n) is 10.3. The summed E-state index contributed by atoms with van der Waals surface area (Å²) in [5, 5.41) is 3.17. The third-order valence-corrected chi connectivity index (χ3v) is 3.27. The summed E-state index contributed by atoms with van der Waals surface area (Å²) in [6, 6.07) is 2.28. The normalized spacial score (nSPS) is 18.6. The molecule has 1 fully saturated rings. The van der Waals surface area contributed by atoms with Crippen molar-refractivity contribution < 1.29 is 0 Å². The standard InChI is InChI=1S/C13H23N3/c1-14-10-13-8-12(9-15-13)11-16-6-4-2-3-5-7-16/h8-9,14-15H,2-7,10-11H2,1H3. The Kier molecular flexibility index (Phi) is 4.43. The van der Waals surface area contributed by atoms with Crippen LogP contribution in [0.15, 0.2) is 12.3 Å². The summed E-state index contributed by atoms with van der Waals surface area (Å²) >= 11 is 0. The number of aromatic nitrogens is 1. The summed E-state index contributed by atoms with van der Waals surface area (Å²) in [6.45, 7) is 4.58. The number of hydrogen-bond acceptors (Lipinski definition) is 2. The Bertz CT molecular complexity index is 298. The quantitative estimate of drug-likeness (QED) is 0.816. The summed E-state index contributed by atoms with van der Waals surface area (Å²) in [4.78, 5) is 5.91. The average molecular weight is 221 g/mol. The van der Waals surface area contributed by atoms with Gasteiger partial charge in [0, 0.05) is 25.0 Å². The van der Waals surface area contributed by atoms with Crippen LogP contribution in [0.25, 0.3) is 0 Å². The summed E-state index contributed by atoms with van der Waals surface area (Å²) in [5.74, 6) is 0. The first kappa shape index (κ1) is 11.7. The van der Waals surface area contributed by atoms with Crippen molar-refractivity contribution in [2.24, 2.45) is 0 Å². The van der Waals surface area contributed by atoms with Crippen molar-refractivity contribution >= 4 is 0 Å². The molecule has 3 heteroatoms. The van der Waals surface area contributed by atoms with Gasteiger partial charge in [0.2, 0.25) is 0 Å². The van der Waals surface area contributed by atoms with Crippen LogP contribution in [0.5, 0.6) is 0 Å². The van der Waals surface area contributed by atoms with Gasteiger partial charge in [0.25, 0.3) is 0 Å². The van der Waals surface area contributed by atoms with Gasteiger partial charge in [0.05, 0.1) is 0 Å². The smallest absolute Gasteiger partial charge is 0.0354 e. The maximum atomic E-state index is 3.32. The van der Waals surface area contributed by atoms with E-state index in [9.17, 15) is 0 Å². The van der Waals surface area contributed by atoms with Gasteiger partial charge in [-0.05, 0) is 44.6 Å². The Morgan fingerprint density at radius 3 is 2.69 bits per heavy atom. The molecule has 2 heterocycles. The third kappa shape index (κ3) is 3.35. The lowest BCUT2D eigenvalue weighted by Crippen LogP contribution is -2.23. The Balaban J connectivity index is 1.86. The van der Waals surface area contributed by atoms with Gasteiger partial charge >= 0.3 is 0 Å². The fraction of sp³-hybridized carbons (Fsp3) is 0.692. The summed E-state index contributed by atoms with van der Waals surface area (Å²) < 4.78 is 0. The van der Waals surface area contributed by atoms with E-state index in [1.165, 1.54) is 50.0 Å². The molecule has 0 aromatic carbocycles. The molecule has 2 N–H and O–H groups in total. The number of nitrogens with one attached hydrogen (secondary N) is 2. The molecule has 2 rings (SSSR count). The fourth-order valence-electron chi connectivity index (χ4n) is 2.43. The van der Waals surface area contributed by atoms with Crippen LogP contribution in [0.2, 0.25) is 0 Å². The molecule has 1 aliphatic rings. The van der Waals surface area contributed by atoms with Crippen LogP contribution in [-0.4, -0.2) is 30.0 Å². The number of H-pyrrole nitrogens is 1. The molecule has 3 nitrogen and oxygen atoms in total. The first-order valence-electron chi connectivity index (χ1n) is 6.41. The Morgan fingerprint density at radius 2 is 2.00 bits per heavy atom. The molecule has 16 heavy (non-hydrogen) atoms. The number of likely N-dealkylation sites (tertiary alicyclic amines) is 1. The lowest BCUT2D eigenvalue weighted by molar-refractivity contribution is 0.277. The lowest BCUT2D eigenvalue weighted by Gasteiger charge is -2.18. The Hall–Kier alpha value is -0.800. The van der Waals surface area contributed by atoms with E-state index < -0.39 is 0 Å². The van der Waals surface area contributed by atoms with Gasteiger partial charge in [0.15, 0.2) is 0 Å². The largest absolute Gasteiger partial charge is 0.364 e. The van der Waals surface area contributed by atoms with Gasteiger partial charge in [-0.3, -0.25) is 4.90 Å². The maximum Gasteiger partial charge on any atom is 0.0354 e. The van der Waals surface area contributed by atoms with Crippen molar-refractivity contribution in [3.05, 3.63) is 23.5 Å². The van der Waals surface area contributed by atoms with Crippen molar-refractivity contribution in [3.8, 4) is 0 Å². The molecule has 0 atom stereocenters. The van der Waals surface area contributed by atoms with Gasteiger partial charge < -0.3 is 10.3 Å². The number of aromatic amines is 1. The number of nitrogens with zero attached hydrogens (tertiary/aromatic N) is 1. The SMILES string of the molecule is CNCc1cc(CN2CCCCCC2)c[nH]1. The number of hydrogen-bond donors (Lipinski definition) is 2. The van der Waals surface area contributed by atoms with Crippen LogP contribution in [0.1, 0.15) is 36.9 Å². The highest BCUT2D eigenvalue weighted by molar-refractivity contribution is 5.16. The Labute approximate surface area is 98.2 Å². The highest BCUT2D eigenvalue weighted by atomic mass is 15.1. The van der Waals surface area contributed by atoms with Crippen LogP contribution >= 0.6 is 0 Å². The molecule has 1 saturated heterocycles. The summed E-state index contributed by atoms with van der Waals surface area (Å²) in [6.07, 6.45) is 7.71. The summed E-state index contributed by atoms with van der Waals surface area (Å²) in [7, 11) is 1.98. The van der Waals surface area contributed by atoms with Crippen molar-refractivity contribution in [3.63, 3.8) is 0 Å². The minimum atomic E-state index is 0.931. The molecule has 0 aliphatic carbocycles. The second-order valence-electron chi connectivity index (χ2n) is 4.75. The molecule has 1 aromatic rings. The first-order valence-corrected chi connectivity index (χ1v) is 6.41. The van der Waals surface area contributed by atoms with Gasteiger partial charge in [-0.25, -0.2) is 0 Å². The fourth-order valence-corrected chi connectivity index (χ4v) is 2.43. The third-order valence-electron chi connectivity index (χ3n) is 3.27. The zero-order valence-corrected chi connectivity index (χ0v) is 10.3. The molecule has 0 saturated carbocycles. The minimum Gasteiger partial charge on any atom is -0.364 e. The molecule has 0 amide bonds. The van der Waals surface area contributed by atoms with E-state index in [2.05, 4.69) is 27.5 Å². The lowest BCUT2D eigenvalue weighted by atomic mass is 10.2. The van der Waals surface area contributed by atoms with Gasteiger partial charge in [0.1, 0.15) is 0 Å².